The predicted octanol–water partition coefficient (Wildman–Crippen LogP) is 4.10. The van der Waals surface area contributed by atoms with Crippen LogP contribution in [0.4, 0.5) is 5.69 Å². The van der Waals surface area contributed by atoms with Gasteiger partial charge in [-0.15, -0.1) is 0 Å². The SMILES string of the molecule is CCOC(=O)C#Cc1ccc(-c2nc3cccc(C)n3c2-c2onc(C)c2[N+](=O)[O-])cc1. The van der Waals surface area contributed by atoms with Gasteiger partial charge in [-0.3, -0.25) is 14.5 Å². The molecule has 0 unspecified atom stereocenters. The highest BCUT2D eigenvalue weighted by Gasteiger charge is 2.31. The smallest absolute Gasteiger partial charge is 0.384 e. The fourth-order valence-corrected chi connectivity index (χ4v) is 3.40. The van der Waals surface area contributed by atoms with Crippen LogP contribution in [0.25, 0.3) is 28.4 Å². The number of rotatable bonds is 4. The molecule has 0 N–H and O–H groups in total. The number of nitro groups is 1. The lowest BCUT2D eigenvalue weighted by molar-refractivity contribution is -0.385. The van der Waals surface area contributed by atoms with Gasteiger partial charge in [0.25, 0.3) is 5.76 Å². The summed E-state index contributed by atoms with van der Waals surface area (Å²) in [5, 5.41) is 15.5. The van der Waals surface area contributed by atoms with Crippen molar-refractivity contribution in [2.24, 2.45) is 0 Å². The molecular formula is C23H18N4O5. The van der Waals surface area contributed by atoms with Crippen LogP contribution in [0.15, 0.2) is 47.0 Å². The molecule has 0 amide bonds. The minimum absolute atomic E-state index is 0.0375. The molecule has 1 aromatic carbocycles. The van der Waals surface area contributed by atoms with Gasteiger partial charge in [0, 0.05) is 22.7 Å². The second kappa shape index (κ2) is 8.35. The largest absolute Gasteiger partial charge is 0.456 e. The van der Waals surface area contributed by atoms with Crippen molar-refractivity contribution < 1.29 is 19.0 Å². The molecule has 0 spiro atoms. The zero-order chi connectivity index (χ0) is 22.8. The van der Waals surface area contributed by atoms with E-state index in [1.165, 1.54) is 6.92 Å². The normalized spacial score (nSPS) is 10.6. The van der Waals surface area contributed by atoms with E-state index in [4.69, 9.17) is 14.2 Å². The molecule has 0 saturated carbocycles. The number of aryl methyl sites for hydroxylation is 2. The van der Waals surface area contributed by atoms with Crippen molar-refractivity contribution in [3.63, 3.8) is 0 Å². The monoisotopic (exact) mass is 430 g/mol. The number of aromatic nitrogens is 3. The van der Waals surface area contributed by atoms with Crippen molar-refractivity contribution in [2.75, 3.05) is 6.61 Å². The van der Waals surface area contributed by atoms with Gasteiger partial charge in [-0.2, -0.15) is 0 Å². The Morgan fingerprint density at radius 3 is 2.66 bits per heavy atom. The van der Waals surface area contributed by atoms with Gasteiger partial charge in [0.05, 0.1) is 11.5 Å². The molecule has 160 valence electrons. The molecule has 0 saturated heterocycles. The molecular weight excluding hydrogens is 412 g/mol. The summed E-state index contributed by atoms with van der Waals surface area (Å²) < 4.78 is 12.0. The number of benzene rings is 1. The number of ether oxygens (including phenoxy) is 1. The van der Waals surface area contributed by atoms with Crippen LogP contribution in [0.2, 0.25) is 0 Å². The first kappa shape index (κ1) is 20.8. The predicted molar refractivity (Wildman–Crippen MR) is 116 cm³/mol. The van der Waals surface area contributed by atoms with E-state index >= 15 is 0 Å². The van der Waals surface area contributed by atoms with Crippen molar-refractivity contribution in [2.45, 2.75) is 20.8 Å². The number of hydrogen-bond acceptors (Lipinski definition) is 7. The summed E-state index contributed by atoms with van der Waals surface area (Å²) in [5.41, 5.74) is 3.69. The summed E-state index contributed by atoms with van der Waals surface area (Å²) in [5.74, 6) is 4.61. The number of imidazole rings is 1. The fourth-order valence-electron chi connectivity index (χ4n) is 3.40. The Morgan fingerprint density at radius 1 is 1.22 bits per heavy atom. The lowest BCUT2D eigenvalue weighted by atomic mass is 10.1. The second-order valence-electron chi connectivity index (χ2n) is 6.92. The molecule has 9 nitrogen and oxygen atoms in total. The summed E-state index contributed by atoms with van der Waals surface area (Å²) in [6.07, 6.45) is 0. The van der Waals surface area contributed by atoms with Crippen LogP contribution in [0, 0.1) is 35.8 Å². The first-order valence-corrected chi connectivity index (χ1v) is 9.79. The third kappa shape index (κ3) is 3.70. The third-order valence-corrected chi connectivity index (χ3v) is 4.81. The van der Waals surface area contributed by atoms with Crippen molar-refractivity contribution in [3.05, 3.63) is 69.5 Å². The van der Waals surface area contributed by atoms with E-state index in [2.05, 4.69) is 17.0 Å². The highest BCUT2D eigenvalue weighted by Crippen LogP contribution is 2.39. The maximum Gasteiger partial charge on any atom is 0.384 e. The molecule has 0 aliphatic carbocycles. The molecule has 0 aliphatic rings. The maximum atomic E-state index is 11.7. The van der Waals surface area contributed by atoms with E-state index in [0.717, 1.165) is 5.69 Å². The zero-order valence-electron chi connectivity index (χ0n) is 17.6. The number of hydrogen-bond donors (Lipinski definition) is 0. The molecule has 4 rings (SSSR count). The van der Waals surface area contributed by atoms with Crippen molar-refractivity contribution >= 4 is 17.3 Å². The van der Waals surface area contributed by atoms with E-state index in [-0.39, 0.29) is 23.7 Å². The van der Waals surface area contributed by atoms with Gasteiger partial charge in [-0.25, -0.2) is 9.78 Å². The van der Waals surface area contributed by atoms with Gasteiger partial charge in [-0.05, 0) is 45.0 Å². The van der Waals surface area contributed by atoms with Crippen molar-refractivity contribution in [3.8, 4) is 34.6 Å². The Bertz CT molecular complexity index is 1400. The van der Waals surface area contributed by atoms with Crippen LogP contribution in [-0.2, 0) is 9.53 Å². The van der Waals surface area contributed by atoms with Crippen LogP contribution < -0.4 is 0 Å². The van der Waals surface area contributed by atoms with Gasteiger partial charge in [-0.1, -0.05) is 29.3 Å². The maximum absolute atomic E-state index is 11.7. The third-order valence-electron chi connectivity index (χ3n) is 4.81. The number of carbonyl (C=O) groups is 1. The Morgan fingerprint density at radius 2 is 1.97 bits per heavy atom. The molecule has 3 heterocycles. The quantitative estimate of drug-likeness (QED) is 0.207. The van der Waals surface area contributed by atoms with Gasteiger partial charge in [0.15, 0.2) is 5.69 Å². The minimum Gasteiger partial charge on any atom is -0.456 e. The lowest BCUT2D eigenvalue weighted by Crippen LogP contribution is -1.99. The summed E-state index contributed by atoms with van der Waals surface area (Å²) >= 11 is 0. The number of carbonyl (C=O) groups excluding carboxylic acids is 1. The van der Waals surface area contributed by atoms with Crippen molar-refractivity contribution in [1.82, 2.24) is 14.5 Å². The lowest BCUT2D eigenvalue weighted by Gasteiger charge is -2.05. The molecule has 4 aromatic rings. The summed E-state index contributed by atoms with van der Waals surface area (Å²) in [6, 6.07) is 12.6. The second-order valence-corrected chi connectivity index (χ2v) is 6.92. The zero-order valence-corrected chi connectivity index (χ0v) is 17.6. The Hall–Kier alpha value is -4.45. The van der Waals surface area contributed by atoms with Crippen molar-refractivity contribution in [1.29, 1.82) is 0 Å². The van der Waals surface area contributed by atoms with Crippen LogP contribution in [-0.4, -0.2) is 32.0 Å². The van der Waals surface area contributed by atoms with E-state index in [1.807, 2.05) is 25.1 Å². The van der Waals surface area contributed by atoms with E-state index in [9.17, 15) is 14.9 Å². The van der Waals surface area contributed by atoms with Gasteiger partial charge in [0.1, 0.15) is 17.0 Å². The first-order valence-electron chi connectivity index (χ1n) is 9.79. The summed E-state index contributed by atoms with van der Waals surface area (Å²) in [6.45, 7) is 5.38. The molecule has 0 aliphatic heterocycles. The van der Waals surface area contributed by atoms with Crippen LogP contribution in [0.1, 0.15) is 23.9 Å². The fraction of sp³-hybridized carbons (Fsp3) is 0.174. The van der Waals surface area contributed by atoms with E-state index in [0.29, 0.717) is 28.2 Å². The molecule has 3 aromatic heterocycles. The molecule has 0 fully saturated rings. The van der Waals surface area contributed by atoms with Crippen LogP contribution in [0.5, 0.6) is 0 Å². The van der Waals surface area contributed by atoms with Gasteiger partial charge < -0.3 is 9.26 Å². The number of nitrogens with zero attached hydrogens (tertiary/aromatic N) is 4. The first-order chi connectivity index (χ1) is 15.4. The number of esters is 1. The van der Waals surface area contributed by atoms with Crippen LogP contribution >= 0.6 is 0 Å². The Kier molecular flexibility index (Phi) is 5.43. The molecule has 0 radical (unpaired) electrons. The summed E-state index contributed by atoms with van der Waals surface area (Å²) in [4.78, 5) is 27.4. The number of pyridine rings is 1. The van der Waals surface area contributed by atoms with E-state index < -0.39 is 10.9 Å². The molecule has 0 atom stereocenters. The topological polar surface area (TPSA) is 113 Å². The summed E-state index contributed by atoms with van der Waals surface area (Å²) in [7, 11) is 0. The Balaban J connectivity index is 1.88. The van der Waals surface area contributed by atoms with Crippen LogP contribution in [0.3, 0.4) is 0 Å². The molecule has 32 heavy (non-hydrogen) atoms. The number of fused-ring (bicyclic) bond motifs is 1. The highest BCUT2D eigenvalue weighted by molar-refractivity contribution is 5.89. The molecule has 0 bridgehead atoms. The Labute approximate surface area is 182 Å². The van der Waals surface area contributed by atoms with Gasteiger partial charge in [0.2, 0.25) is 0 Å². The molecule has 9 heteroatoms. The minimum atomic E-state index is -0.595. The van der Waals surface area contributed by atoms with E-state index in [1.54, 1.807) is 35.6 Å². The highest BCUT2D eigenvalue weighted by atomic mass is 16.6. The average molecular weight is 430 g/mol. The van der Waals surface area contributed by atoms with Gasteiger partial charge >= 0.3 is 11.7 Å². The standard InChI is InChI=1S/C23H18N4O5/c1-4-31-19(28)13-10-16-8-11-17(12-9-16)20-22(23-21(27(29)30)15(3)25-32-23)26-14(2)6-5-7-18(26)24-20/h5-9,11-12H,4H2,1-3H3. The average Bonchev–Trinajstić information content (AvgIpc) is 3.34.